The molecule has 2 aromatic heterocycles. The van der Waals surface area contributed by atoms with Crippen LogP contribution in [0.3, 0.4) is 0 Å². The quantitative estimate of drug-likeness (QED) is 0.196. The van der Waals surface area contributed by atoms with Crippen LogP contribution in [0.15, 0.2) is 140 Å². The van der Waals surface area contributed by atoms with Crippen molar-refractivity contribution in [2.45, 2.75) is 52.4 Å². The van der Waals surface area contributed by atoms with E-state index in [0.29, 0.717) is 5.69 Å². The number of rotatable bonds is 6. The van der Waals surface area contributed by atoms with E-state index in [2.05, 4.69) is 144 Å². The maximum Gasteiger partial charge on any atom is 0.145 e. The lowest BCUT2D eigenvalue weighted by Gasteiger charge is -2.27. The molecule has 0 aliphatic heterocycles. The Bertz CT molecular complexity index is 2260. The second-order valence-electron chi connectivity index (χ2n) is 14.6. The summed E-state index contributed by atoms with van der Waals surface area (Å²) < 4.78 is 1.92. The second kappa shape index (κ2) is 12.4. The number of nitrogens with zero attached hydrogens (tertiary/aromatic N) is 4. The van der Waals surface area contributed by atoms with Crippen molar-refractivity contribution < 1.29 is 5.11 Å². The third kappa shape index (κ3) is 6.09. The molecular weight excluding hydrogens is 601 g/mol. The predicted octanol–water partition coefficient (Wildman–Crippen LogP) is 11.5. The summed E-state index contributed by atoms with van der Waals surface area (Å²) in [7, 11) is 0. The van der Waals surface area contributed by atoms with E-state index in [0.717, 1.165) is 61.6 Å². The fraction of sp³-hybridized carbons (Fsp3) is 0.182. The average molecular weight is 643 g/mol. The van der Waals surface area contributed by atoms with Crippen molar-refractivity contribution in [3.8, 4) is 33.8 Å². The van der Waals surface area contributed by atoms with E-state index in [1.165, 1.54) is 0 Å². The first-order chi connectivity index (χ1) is 23.5. The second-order valence-corrected chi connectivity index (χ2v) is 14.6. The fourth-order valence-electron chi connectivity index (χ4n) is 6.45. The van der Waals surface area contributed by atoms with Gasteiger partial charge in [0.25, 0.3) is 0 Å². The summed E-state index contributed by atoms with van der Waals surface area (Å²) >= 11 is 0. The highest BCUT2D eigenvalue weighted by molar-refractivity contribution is 5.96. The van der Waals surface area contributed by atoms with Crippen LogP contribution in [0, 0.1) is 0 Å². The largest absolute Gasteiger partial charge is 0.505 e. The summed E-state index contributed by atoms with van der Waals surface area (Å²) in [5.41, 5.74) is 9.33. The van der Waals surface area contributed by atoms with Crippen molar-refractivity contribution in [3.05, 3.63) is 151 Å². The van der Waals surface area contributed by atoms with E-state index in [-0.39, 0.29) is 16.6 Å². The number of anilines is 3. The minimum atomic E-state index is -0.259. The Morgan fingerprint density at radius 2 is 1.33 bits per heavy atom. The number of aromatic hydroxyl groups is 1. The van der Waals surface area contributed by atoms with Gasteiger partial charge >= 0.3 is 0 Å². The van der Waals surface area contributed by atoms with Gasteiger partial charge in [0, 0.05) is 34.0 Å². The lowest BCUT2D eigenvalue weighted by molar-refractivity contribution is 0.441. The molecule has 0 unspecified atom stereocenters. The van der Waals surface area contributed by atoms with Gasteiger partial charge in [0.2, 0.25) is 0 Å². The number of fused-ring (bicyclic) bond motifs is 1. The fourth-order valence-corrected chi connectivity index (χ4v) is 6.45. The number of phenols is 1. The van der Waals surface area contributed by atoms with Crippen LogP contribution in [0.1, 0.15) is 52.7 Å². The Morgan fingerprint density at radius 1 is 0.633 bits per heavy atom. The van der Waals surface area contributed by atoms with E-state index >= 15 is 0 Å². The number of aromatic nitrogens is 3. The van der Waals surface area contributed by atoms with Crippen molar-refractivity contribution >= 4 is 28.1 Å². The van der Waals surface area contributed by atoms with Crippen molar-refractivity contribution in [2.75, 3.05) is 4.90 Å². The molecule has 1 N–H and O–H groups in total. The third-order valence-corrected chi connectivity index (χ3v) is 9.07. The predicted molar refractivity (Wildman–Crippen MR) is 203 cm³/mol. The summed E-state index contributed by atoms with van der Waals surface area (Å²) in [6.07, 6.45) is 1.83. The molecule has 0 saturated heterocycles. The zero-order chi connectivity index (χ0) is 34.3. The third-order valence-electron chi connectivity index (χ3n) is 9.07. The first kappa shape index (κ1) is 31.9. The molecular formula is C44H42N4O. The summed E-state index contributed by atoms with van der Waals surface area (Å²) in [6, 6.07) is 45.9. The molecule has 0 aliphatic rings. The molecule has 0 aliphatic carbocycles. The normalized spacial score (nSPS) is 12.0. The molecule has 49 heavy (non-hydrogen) atoms. The highest BCUT2D eigenvalue weighted by atomic mass is 16.3. The molecule has 7 aromatic rings. The van der Waals surface area contributed by atoms with E-state index in [1.54, 1.807) is 0 Å². The standard InChI is InChI=1S/C44H42N4O/c1-43(2,3)32-28-36(44(4,5)6)42(49)39(29-32)48-38-24-13-11-22-35(38)41(46-48)31-19-16-20-33(27-31)47(40-25-14-15-26-45-40)37-23-12-10-21-34(37)30-17-8-7-9-18-30/h7-29,49H,1-6H3. The Kier molecular flexibility index (Phi) is 8.07. The molecule has 5 heteroatoms. The molecule has 0 fully saturated rings. The molecule has 5 nitrogen and oxygen atoms in total. The van der Waals surface area contributed by atoms with Crippen LogP contribution in [0.5, 0.6) is 5.75 Å². The number of para-hydroxylation sites is 2. The van der Waals surface area contributed by atoms with Crippen molar-refractivity contribution in [1.29, 1.82) is 0 Å². The number of pyridine rings is 1. The van der Waals surface area contributed by atoms with Crippen LogP contribution in [-0.2, 0) is 10.8 Å². The van der Waals surface area contributed by atoms with Gasteiger partial charge in [0.15, 0.2) is 0 Å². The summed E-state index contributed by atoms with van der Waals surface area (Å²) in [6.45, 7) is 13.0. The van der Waals surface area contributed by atoms with Crippen LogP contribution in [0.2, 0.25) is 0 Å². The maximum absolute atomic E-state index is 11.8. The molecule has 0 spiro atoms. The van der Waals surface area contributed by atoms with Gasteiger partial charge in [0.1, 0.15) is 22.9 Å². The maximum atomic E-state index is 11.8. The minimum absolute atomic E-state index is 0.118. The Morgan fingerprint density at radius 3 is 2.06 bits per heavy atom. The van der Waals surface area contributed by atoms with E-state index < -0.39 is 0 Å². The lowest BCUT2D eigenvalue weighted by Crippen LogP contribution is -2.18. The van der Waals surface area contributed by atoms with Crippen LogP contribution in [0.25, 0.3) is 39.0 Å². The minimum Gasteiger partial charge on any atom is -0.505 e. The Balaban J connectivity index is 1.43. The highest BCUT2D eigenvalue weighted by Crippen LogP contribution is 2.43. The van der Waals surface area contributed by atoms with Gasteiger partial charge in [-0.3, -0.25) is 4.90 Å². The smallest absolute Gasteiger partial charge is 0.145 e. The van der Waals surface area contributed by atoms with Crippen molar-refractivity contribution in [3.63, 3.8) is 0 Å². The van der Waals surface area contributed by atoms with Gasteiger partial charge < -0.3 is 5.11 Å². The van der Waals surface area contributed by atoms with Crippen LogP contribution >= 0.6 is 0 Å². The Hall–Kier alpha value is -5.68. The van der Waals surface area contributed by atoms with Gasteiger partial charge in [0.05, 0.1) is 11.2 Å². The molecule has 0 saturated carbocycles. The molecule has 2 heterocycles. The molecule has 7 rings (SSSR count). The van der Waals surface area contributed by atoms with Gasteiger partial charge in [-0.25, -0.2) is 9.67 Å². The van der Waals surface area contributed by atoms with Gasteiger partial charge in [-0.1, -0.05) is 133 Å². The summed E-state index contributed by atoms with van der Waals surface area (Å²) in [4.78, 5) is 7.01. The topological polar surface area (TPSA) is 54.2 Å². The zero-order valence-corrected chi connectivity index (χ0v) is 29.0. The Labute approximate surface area is 289 Å². The molecule has 0 amide bonds. The van der Waals surface area contributed by atoms with Crippen molar-refractivity contribution in [2.24, 2.45) is 0 Å². The first-order valence-electron chi connectivity index (χ1n) is 16.8. The number of hydrogen-bond acceptors (Lipinski definition) is 4. The number of hydrogen-bond donors (Lipinski definition) is 1. The average Bonchev–Trinajstić information content (AvgIpc) is 3.48. The molecule has 5 aromatic carbocycles. The zero-order valence-electron chi connectivity index (χ0n) is 29.0. The molecule has 0 radical (unpaired) electrons. The van der Waals surface area contributed by atoms with Crippen molar-refractivity contribution in [1.82, 2.24) is 14.8 Å². The van der Waals surface area contributed by atoms with Gasteiger partial charge in [-0.2, -0.15) is 5.10 Å². The van der Waals surface area contributed by atoms with E-state index in [9.17, 15) is 5.11 Å². The van der Waals surface area contributed by atoms with Crippen LogP contribution in [-0.4, -0.2) is 19.9 Å². The first-order valence-corrected chi connectivity index (χ1v) is 16.8. The summed E-state index contributed by atoms with van der Waals surface area (Å²) in [5.74, 6) is 1.07. The number of phenolic OH excluding ortho intramolecular Hbond substituents is 1. The summed E-state index contributed by atoms with van der Waals surface area (Å²) in [5, 5.41) is 18.1. The molecule has 0 atom stereocenters. The van der Waals surface area contributed by atoms with Gasteiger partial charge in [-0.05, 0) is 64.4 Å². The van der Waals surface area contributed by atoms with Crippen LogP contribution in [0.4, 0.5) is 17.2 Å². The van der Waals surface area contributed by atoms with Crippen LogP contribution < -0.4 is 4.90 Å². The molecule has 0 bridgehead atoms. The SMILES string of the molecule is CC(C)(C)c1cc(-n2nc(-c3cccc(N(c4ccccn4)c4ccccc4-c4ccccc4)c3)c3ccccc32)c(O)c(C(C)(C)C)c1. The van der Waals surface area contributed by atoms with Gasteiger partial charge in [-0.15, -0.1) is 0 Å². The monoisotopic (exact) mass is 642 g/mol. The highest BCUT2D eigenvalue weighted by Gasteiger charge is 2.27. The lowest BCUT2D eigenvalue weighted by atomic mass is 9.79. The molecule has 244 valence electrons. The number of benzene rings is 5. The van der Waals surface area contributed by atoms with E-state index in [4.69, 9.17) is 10.1 Å². The van der Waals surface area contributed by atoms with E-state index in [1.807, 2.05) is 47.3 Å².